The molecule has 3 atom stereocenters. The molecular weight excluding hydrogens is 436 g/mol. The number of nitrogens with one attached hydrogen (secondary N) is 1. The molecule has 3 fully saturated rings. The third-order valence-corrected chi connectivity index (χ3v) is 7.33. The maximum Gasteiger partial charge on any atom is 0.341 e. The van der Waals surface area contributed by atoms with Crippen LogP contribution in [0.15, 0.2) is 17.1 Å². The van der Waals surface area contributed by atoms with Crippen LogP contribution in [0, 0.1) is 11.7 Å². The predicted octanol–water partition coefficient (Wildman–Crippen LogP) is 2.07. The maximum atomic E-state index is 15.5. The van der Waals surface area contributed by atoms with Gasteiger partial charge in [0.2, 0.25) is 5.43 Å². The minimum atomic E-state index is -1.44. The normalized spacial score (nSPS) is 25.5. The van der Waals surface area contributed by atoms with Crippen LogP contribution in [0.5, 0.6) is 5.75 Å². The van der Waals surface area contributed by atoms with Crippen LogP contribution < -0.4 is 20.4 Å². The van der Waals surface area contributed by atoms with E-state index in [1.165, 1.54) is 11.7 Å². The van der Waals surface area contributed by atoms with E-state index in [2.05, 4.69) is 5.32 Å². The van der Waals surface area contributed by atoms with Crippen LogP contribution in [-0.4, -0.2) is 65.8 Å². The van der Waals surface area contributed by atoms with E-state index in [0.29, 0.717) is 19.6 Å². The van der Waals surface area contributed by atoms with Gasteiger partial charge in [-0.1, -0.05) is 0 Å². The molecule has 2 aliphatic carbocycles. The molecule has 33 heavy (non-hydrogen) atoms. The van der Waals surface area contributed by atoms with E-state index in [4.69, 9.17) is 4.74 Å². The highest BCUT2D eigenvalue weighted by Gasteiger charge is 2.51. The number of halogens is 2. The number of carboxylic acids is 1. The average Bonchev–Trinajstić information content (AvgIpc) is 3.68. The Labute approximate surface area is 188 Å². The molecule has 3 N–H and O–H groups in total. The minimum absolute atomic E-state index is 0.0496. The number of nitrogens with zero attached hydrogens (tertiary/aromatic N) is 2. The number of aromatic nitrogens is 1. The summed E-state index contributed by atoms with van der Waals surface area (Å²) in [6, 6.07) is 0.431. The van der Waals surface area contributed by atoms with Crippen molar-refractivity contribution in [3.05, 3.63) is 33.9 Å². The standard InChI is InChI=1S/C23H27F2N3O5/c1-33-21-18-13(20(30)14(22(31)32)11-28(18)17-9-15(17)24)8-16(25)19(21)27-6-2-12(10-27)23(3-4-23)26-5-7-29/h8,11-12,15,17,26,29H,2-7,9-10H2,1H3,(H,31,32)/t12-,15+,17?/m1/s1. The lowest BCUT2D eigenvalue weighted by atomic mass is 9.96. The van der Waals surface area contributed by atoms with Crippen LogP contribution in [0.3, 0.4) is 0 Å². The number of anilines is 1. The Kier molecular flexibility index (Phi) is 5.32. The Morgan fingerprint density at radius 1 is 1.39 bits per heavy atom. The van der Waals surface area contributed by atoms with Crippen molar-refractivity contribution in [1.82, 2.24) is 9.88 Å². The van der Waals surface area contributed by atoms with E-state index in [0.717, 1.165) is 31.5 Å². The van der Waals surface area contributed by atoms with Gasteiger partial charge in [0.05, 0.1) is 30.7 Å². The number of alkyl halides is 1. The van der Waals surface area contributed by atoms with Gasteiger partial charge < -0.3 is 29.7 Å². The molecule has 0 amide bonds. The van der Waals surface area contributed by atoms with Crippen LogP contribution in [0.25, 0.3) is 10.9 Å². The molecule has 1 aromatic heterocycles. The molecule has 1 saturated heterocycles. The fourth-order valence-electron chi connectivity index (χ4n) is 5.37. The molecule has 0 bridgehead atoms. The summed E-state index contributed by atoms with van der Waals surface area (Å²) in [6.45, 7) is 1.72. The maximum absolute atomic E-state index is 15.5. The number of β-amino-alcohol motifs (C(OH)–C–C–N with tert-alkyl or cyclic N) is 1. The Morgan fingerprint density at radius 2 is 2.12 bits per heavy atom. The summed E-state index contributed by atoms with van der Waals surface area (Å²) in [5.74, 6) is -1.74. The lowest BCUT2D eigenvalue weighted by molar-refractivity contribution is 0.0694. The predicted molar refractivity (Wildman–Crippen MR) is 118 cm³/mol. The average molecular weight is 463 g/mol. The van der Waals surface area contributed by atoms with E-state index in [-0.39, 0.29) is 46.8 Å². The number of benzene rings is 1. The van der Waals surface area contributed by atoms with Gasteiger partial charge >= 0.3 is 5.97 Å². The molecule has 0 radical (unpaired) electrons. The van der Waals surface area contributed by atoms with E-state index < -0.39 is 35.0 Å². The number of fused-ring (bicyclic) bond motifs is 1. The Hall–Kier alpha value is -2.72. The summed E-state index contributed by atoms with van der Waals surface area (Å²) >= 11 is 0. The number of hydrogen-bond acceptors (Lipinski definition) is 6. The van der Waals surface area contributed by atoms with Gasteiger partial charge in [0, 0.05) is 37.8 Å². The fourth-order valence-corrected chi connectivity index (χ4v) is 5.37. The van der Waals surface area contributed by atoms with Crippen LogP contribution in [0.2, 0.25) is 0 Å². The lowest BCUT2D eigenvalue weighted by Gasteiger charge is -2.27. The van der Waals surface area contributed by atoms with Crippen molar-refractivity contribution >= 4 is 22.6 Å². The van der Waals surface area contributed by atoms with Gasteiger partial charge in [-0.25, -0.2) is 13.6 Å². The van der Waals surface area contributed by atoms with E-state index >= 15 is 4.39 Å². The quantitative estimate of drug-likeness (QED) is 0.551. The zero-order valence-corrected chi connectivity index (χ0v) is 18.3. The molecule has 10 heteroatoms. The highest BCUT2D eigenvalue weighted by atomic mass is 19.1. The number of ether oxygens (including phenoxy) is 1. The van der Waals surface area contributed by atoms with Gasteiger partial charge in [-0.2, -0.15) is 0 Å². The lowest BCUT2D eigenvalue weighted by Crippen LogP contribution is -2.41. The molecule has 5 rings (SSSR count). The second-order valence-corrected chi connectivity index (χ2v) is 9.28. The molecule has 3 aliphatic rings. The number of rotatable bonds is 8. The highest BCUT2D eigenvalue weighted by Crippen LogP contribution is 2.49. The molecule has 1 aromatic carbocycles. The molecule has 178 valence electrons. The fraction of sp³-hybridized carbons (Fsp3) is 0.565. The topological polar surface area (TPSA) is 104 Å². The van der Waals surface area contributed by atoms with Crippen molar-refractivity contribution in [2.24, 2.45) is 5.92 Å². The largest absolute Gasteiger partial charge is 0.492 e. The molecule has 1 aliphatic heterocycles. The zero-order chi connectivity index (χ0) is 23.5. The molecule has 1 unspecified atom stereocenters. The zero-order valence-electron chi connectivity index (χ0n) is 18.3. The third-order valence-electron chi connectivity index (χ3n) is 7.33. The molecular formula is C23H27F2N3O5. The summed E-state index contributed by atoms with van der Waals surface area (Å²) in [4.78, 5) is 26.3. The second kappa shape index (κ2) is 7.95. The first-order valence-corrected chi connectivity index (χ1v) is 11.2. The van der Waals surface area contributed by atoms with Crippen molar-refractivity contribution < 1.29 is 28.5 Å². The summed E-state index contributed by atoms with van der Waals surface area (Å²) in [5.41, 5.74) is -0.970. The van der Waals surface area contributed by atoms with Crippen LogP contribution in [0.4, 0.5) is 14.5 Å². The van der Waals surface area contributed by atoms with Crippen LogP contribution >= 0.6 is 0 Å². The Balaban J connectivity index is 1.61. The van der Waals surface area contributed by atoms with Crippen molar-refractivity contribution in [3.63, 3.8) is 0 Å². The van der Waals surface area contributed by atoms with Gasteiger partial charge in [0.1, 0.15) is 17.4 Å². The number of aromatic carboxylic acids is 1. The third kappa shape index (κ3) is 3.56. The van der Waals surface area contributed by atoms with Crippen LogP contribution in [-0.2, 0) is 0 Å². The van der Waals surface area contributed by atoms with Gasteiger partial charge in [0.15, 0.2) is 11.6 Å². The van der Waals surface area contributed by atoms with Gasteiger partial charge in [-0.15, -0.1) is 0 Å². The number of carbonyl (C=O) groups is 1. The molecule has 2 saturated carbocycles. The van der Waals surface area contributed by atoms with E-state index in [1.807, 2.05) is 4.90 Å². The highest BCUT2D eigenvalue weighted by molar-refractivity contribution is 5.97. The number of hydrogen-bond donors (Lipinski definition) is 3. The second-order valence-electron chi connectivity index (χ2n) is 9.28. The van der Waals surface area contributed by atoms with Crippen LogP contribution in [0.1, 0.15) is 42.1 Å². The van der Waals surface area contributed by atoms with E-state index in [9.17, 15) is 24.2 Å². The summed E-state index contributed by atoms with van der Waals surface area (Å²) in [7, 11) is 1.37. The van der Waals surface area contributed by atoms with Gasteiger partial charge in [-0.3, -0.25) is 4.79 Å². The van der Waals surface area contributed by atoms with Gasteiger partial charge in [-0.05, 0) is 31.2 Å². The number of carboxylic acid groups (broad SMARTS) is 1. The SMILES string of the molecule is COc1c(N2CC[C@@H](C3(NCCO)CC3)C2)c(F)cc2c(=O)c(C(=O)O)cn(C3C[C@@H]3F)c12. The first-order chi connectivity index (χ1) is 15.8. The molecule has 8 nitrogen and oxygen atoms in total. The van der Waals surface area contributed by atoms with E-state index in [1.54, 1.807) is 0 Å². The summed E-state index contributed by atoms with van der Waals surface area (Å²) in [6.07, 6.45) is 3.00. The first-order valence-electron chi connectivity index (χ1n) is 11.2. The Bertz CT molecular complexity index is 1180. The van der Waals surface area contributed by atoms with Crippen molar-refractivity contribution in [2.75, 3.05) is 38.3 Å². The van der Waals surface area contributed by atoms with Crippen molar-refractivity contribution in [1.29, 1.82) is 0 Å². The number of methoxy groups -OCH3 is 1. The smallest absolute Gasteiger partial charge is 0.341 e. The summed E-state index contributed by atoms with van der Waals surface area (Å²) < 4.78 is 36.5. The number of aliphatic hydroxyl groups is 1. The van der Waals surface area contributed by atoms with Gasteiger partial charge in [0.25, 0.3) is 0 Å². The Morgan fingerprint density at radius 3 is 2.70 bits per heavy atom. The molecule has 2 heterocycles. The minimum Gasteiger partial charge on any atom is -0.492 e. The molecule has 0 spiro atoms. The first kappa shape index (κ1) is 22.1. The van der Waals surface area contributed by atoms with Crippen molar-refractivity contribution in [3.8, 4) is 5.75 Å². The number of aliphatic hydroxyl groups excluding tert-OH is 1. The monoisotopic (exact) mass is 463 g/mol. The number of pyridine rings is 1. The molecule has 2 aromatic rings. The van der Waals surface area contributed by atoms with Crippen molar-refractivity contribution in [2.45, 2.75) is 43.4 Å². The summed E-state index contributed by atoms with van der Waals surface area (Å²) in [5, 5.41) is 21.9.